The molecule has 18 heavy (non-hydrogen) atoms. The van der Waals surface area contributed by atoms with E-state index in [1.54, 1.807) is 0 Å². The Bertz CT molecular complexity index is 283. The maximum Gasteiger partial charge on any atom is 0.0710 e. The van der Waals surface area contributed by atoms with E-state index >= 15 is 0 Å². The second-order valence-corrected chi connectivity index (χ2v) is 7.67. The van der Waals surface area contributed by atoms with Crippen molar-refractivity contribution in [2.24, 2.45) is 5.41 Å². The summed E-state index contributed by atoms with van der Waals surface area (Å²) in [5.74, 6) is 0. The van der Waals surface area contributed by atoms with Gasteiger partial charge in [0.2, 0.25) is 0 Å². The molecule has 0 aromatic heterocycles. The number of nitrogens with one attached hydrogen (secondary N) is 1. The summed E-state index contributed by atoms with van der Waals surface area (Å²) < 4.78 is 6.11. The molecule has 1 N–H and O–H groups in total. The van der Waals surface area contributed by atoms with Crippen LogP contribution < -0.4 is 5.32 Å². The van der Waals surface area contributed by atoms with Crippen LogP contribution in [0, 0.1) is 5.41 Å². The summed E-state index contributed by atoms with van der Waals surface area (Å²) in [7, 11) is 0. The topological polar surface area (TPSA) is 24.5 Å². The van der Waals surface area contributed by atoms with Gasteiger partial charge in [0.05, 0.1) is 11.7 Å². The molecular weight excluding hydrogens is 224 g/mol. The SMILES string of the molecule is CC1(C)CCC(CN2CCNC(C(C)(C)C)C2)O1. The highest BCUT2D eigenvalue weighted by Gasteiger charge is 2.35. The van der Waals surface area contributed by atoms with Crippen LogP contribution >= 0.6 is 0 Å². The molecular formula is C15H30N2O. The van der Waals surface area contributed by atoms with Gasteiger partial charge in [0.1, 0.15) is 0 Å². The summed E-state index contributed by atoms with van der Waals surface area (Å²) in [5.41, 5.74) is 0.441. The molecule has 0 aromatic rings. The summed E-state index contributed by atoms with van der Waals surface area (Å²) in [6, 6.07) is 0.598. The van der Waals surface area contributed by atoms with Crippen molar-refractivity contribution in [3.63, 3.8) is 0 Å². The average Bonchev–Trinajstić information content (AvgIpc) is 2.57. The normalized spacial score (nSPS) is 33.8. The molecule has 3 heteroatoms. The molecule has 2 heterocycles. The largest absolute Gasteiger partial charge is 0.371 e. The van der Waals surface area contributed by atoms with Gasteiger partial charge in [0, 0.05) is 32.2 Å². The van der Waals surface area contributed by atoms with E-state index in [1.807, 2.05) is 0 Å². The van der Waals surface area contributed by atoms with E-state index in [-0.39, 0.29) is 5.60 Å². The van der Waals surface area contributed by atoms with Gasteiger partial charge >= 0.3 is 0 Å². The minimum absolute atomic E-state index is 0.0993. The van der Waals surface area contributed by atoms with E-state index in [0.29, 0.717) is 17.6 Å². The second kappa shape index (κ2) is 5.10. The molecule has 2 aliphatic heterocycles. The van der Waals surface area contributed by atoms with Gasteiger partial charge in [-0.25, -0.2) is 0 Å². The van der Waals surface area contributed by atoms with Crippen molar-refractivity contribution >= 4 is 0 Å². The zero-order valence-electron chi connectivity index (χ0n) is 12.8. The zero-order valence-corrected chi connectivity index (χ0v) is 12.8. The highest BCUT2D eigenvalue weighted by Crippen LogP contribution is 2.30. The van der Waals surface area contributed by atoms with Crippen molar-refractivity contribution < 1.29 is 4.74 Å². The summed E-state index contributed by atoms with van der Waals surface area (Å²) in [5, 5.41) is 3.65. The van der Waals surface area contributed by atoms with Gasteiger partial charge in [0.15, 0.2) is 0 Å². The first-order chi connectivity index (χ1) is 8.26. The maximum atomic E-state index is 6.11. The molecule has 2 fully saturated rings. The van der Waals surface area contributed by atoms with E-state index in [0.717, 1.165) is 26.2 Å². The lowest BCUT2D eigenvalue weighted by Gasteiger charge is -2.41. The third-order valence-electron chi connectivity index (χ3n) is 4.32. The number of nitrogens with zero attached hydrogens (tertiary/aromatic N) is 1. The fourth-order valence-electron chi connectivity index (χ4n) is 3.05. The lowest BCUT2D eigenvalue weighted by Crippen LogP contribution is -2.56. The monoisotopic (exact) mass is 254 g/mol. The Morgan fingerprint density at radius 1 is 1.33 bits per heavy atom. The smallest absolute Gasteiger partial charge is 0.0710 e. The summed E-state index contributed by atoms with van der Waals surface area (Å²) in [6.07, 6.45) is 2.86. The van der Waals surface area contributed by atoms with E-state index in [1.165, 1.54) is 12.8 Å². The Morgan fingerprint density at radius 3 is 2.61 bits per heavy atom. The predicted octanol–water partition coefficient (Wildman–Crippen LogP) is 2.26. The molecule has 0 saturated carbocycles. The van der Waals surface area contributed by atoms with Gasteiger partial charge in [0.25, 0.3) is 0 Å². The van der Waals surface area contributed by atoms with Gasteiger partial charge in [-0.2, -0.15) is 0 Å². The minimum atomic E-state index is 0.0993. The zero-order chi connectivity index (χ0) is 13.4. The molecule has 0 bridgehead atoms. The Balaban J connectivity index is 1.83. The van der Waals surface area contributed by atoms with Crippen LogP contribution in [0.4, 0.5) is 0 Å². The number of hydrogen-bond acceptors (Lipinski definition) is 3. The molecule has 3 nitrogen and oxygen atoms in total. The fraction of sp³-hybridized carbons (Fsp3) is 1.00. The highest BCUT2D eigenvalue weighted by atomic mass is 16.5. The van der Waals surface area contributed by atoms with Gasteiger partial charge in [-0.05, 0) is 32.1 Å². The molecule has 0 spiro atoms. The predicted molar refractivity (Wildman–Crippen MR) is 75.9 cm³/mol. The van der Waals surface area contributed by atoms with Crippen LogP contribution in [0.1, 0.15) is 47.5 Å². The highest BCUT2D eigenvalue weighted by molar-refractivity contribution is 4.89. The van der Waals surface area contributed by atoms with Gasteiger partial charge in [-0.3, -0.25) is 4.90 Å². The molecule has 0 aliphatic carbocycles. The van der Waals surface area contributed by atoms with Crippen molar-refractivity contribution in [2.45, 2.75) is 65.2 Å². The van der Waals surface area contributed by atoms with Crippen LogP contribution in [0.5, 0.6) is 0 Å². The minimum Gasteiger partial charge on any atom is -0.371 e. The summed E-state index contributed by atoms with van der Waals surface area (Å²) in [4.78, 5) is 2.58. The number of hydrogen-bond donors (Lipinski definition) is 1. The molecule has 106 valence electrons. The quantitative estimate of drug-likeness (QED) is 0.818. The Morgan fingerprint density at radius 2 is 2.06 bits per heavy atom. The van der Waals surface area contributed by atoms with Gasteiger partial charge < -0.3 is 10.1 Å². The number of rotatable bonds is 2. The lowest BCUT2D eigenvalue weighted by molar-refractivity contribution is -0.0335. The van der Waals surface area contributed by atoms with Crippen molar-refractivity contribution in [1.82, 2.24) is 10.2 Å². The molecule has 0 aromatic carbocycles. The lowest BCUT2D eigenvalue weighted by atomic mass is 9.85. The van der Waals surface area contributed by atoms with Crippen LogP contribution in [0.15, 0.2) is 0 Å². The summed E-state index contributed by atoms with van der Waals surface area (Å²) >= 11 is 0. The third kappa shape index (κ3) is 3.69. The van der Waals surface area contributed by atoms with Gasteiger partial charge in [-0.15, -0.1) is 0 Å². The van der Waals surface area contributed by atoms with Crippen LogP contribution in [0.25, 0.3) is 0 Å². The van der Waals surface area contributed by atoms with E-state index < -0.39 is 0 Å². The van der Waals surface area contributed by atoms with Gasteiger partial charge in [-0.1, -0.05) is 20.8 Å². The first-order valence-electron chi connectivity index (χ1n) is 7.40. The number of ether oxygens (including phenoxy) is 1. The molecule has 0 amide bonds. The Hall–Kier alpha value is -0.120. The average molecular weight is 254 g/mol. The Kier molecular flexibility index (Phi) is 4.05. The van der Waals surface area contributed by atoms with Crippen LogP contribution in [0.2, 0.25) is 0 Å². The molecule has 2 aliphatic rings. The number of piperazine rings is 1. The second-order valence-electron chi connectivity index (χ2n) is 7.67. The molecule has 0 radical (unpaired) electrons. The first kappa shape index (κ1) is 14.3. The van der Waals surface area contributed by atoms with Crippen molar-refractivity contribution in [3.05, 3.63) is 0 Å². The van der Waals surface area contributed by atoms with Crippen LogP contribution in [-0.2, 0) is 4.74 Å². The van der Waals surface area contributed by atoms with E-state index in [9.17, 15) is 0 Å². The molecule has 2 saturated heterocycles. The summed E-state index contributed by atoms with van der Waals surface area (Å²) in [6.45, 7) is 15.9. The van der Waals surface area contributed by atoms with Crippen molar-refractivity contribution in [3.8, 4) is 0 Å². The first-order valence-corrected chi connectivity index (χ1v) is 7.40. The fourth-order valence-corrected chi connectivity index (χ4v) is 3.05. The standard InChI is InChI=1S/C15H30N2O/c1-14(2,3)13-11-17(9-8-16-13)10-12-6-7-15(4,5)18-12/h12-13,16H,6-11H2,1-5H3. The maximum absolute atomic E-state index is 6.11. The Labute approximate surface area is 112 Å². The van der Waals surface area contributed by atoms with E-state index in [2.05, 4.69) is 44.8 Å². The molecule has 2 rings (SSSR count). The molecule has 2 atom stereocenters. The third-order valence-corrected chi connectivity index (χ3v) is 4.32. The van der Waals surface area contributed by atoms with Crippen molar-refractivity contribution in [1.29, 1.82) is 0 Å². The molecule has 2 unspecified atom stereocenters. The van der Waals surface area contributed by atoms with Crippen LogP contribution in [-0.4, -0.2) is 48.8 Å². The van der Waals surface area contributed by atoms with E-state index in [4.69, 9.17) is 4.74 Å². The van der Waals surface area contributed by atoms with Crippen molar-refractivity contribution in [2.75, 3.05) is 26.2 Å². The van der Waals surface area contributed by atoms with Crippen LogP contribution in [0.3, 0.4) is 0 Å².